The third-order valence-corrected chi connectivity index (χ3v) is 5.48. The fourth-order valence-electron chi connectivity index (χ4n) is 4.11. The Labute approximate surface area is 176 Å². The van der Waals surface area contributed by atoms with Crippen LogP contribution in [0.1, 0.15) is 22.6 Å². The van der Waals surface area contributed by atoms with Crippen molar-refractivity contribution in [3.05, 3.63) is 102 Å². The maximum Gasteiger partial charge on any atom is 0.422 e. The lowest BCUT2D eigenvalue weighted by Crippen LogP contribution is -2.19. The Morgan fingerprint density at radius 2 is 1.23 bits per heavy atom. The second-order valence-electron chi connectivity index (χ2n) is 7.49. The zero-order chi connectivity index (χ0) is 21.4. The Balaban J connectivity index is 1.61. The highest BCUT2D eigenvalue weighted by molar-refractivity contribution is 5.89. The van der Waals surface area contributed by atoms with E-state index < -0.39 is 12.8 Å². The van der Waals surface area contributed by atoms with Gasteiger partial charge in [0.1, 0.15) is 5.75 Å². The van der Waals surface area contributed by atoms with Gasteiger partial charge in [-0.1, -0.05) is 48.5 Å². The molecule has 0 aliphatic rings. The number of ether oxygens (including phenoxy) is 1. The predicted molar refractivity (Wildman–Crippen MR) is 116 cm³/mol. The van der Waals surface area contributed by atoms with E-state index in [1.54, 1.807) is 12.1 Å². The number of nitrogens with one attached hydrogen (secondary N) is 2. The van der Waals surface area contributed by atoms with Crippen molar-refractivity contribution in [2.75, 3.05) is 6.61 Å². The first-order chi connectivity index (χ1) is 15.0. The topological polar surface area (TPSA) is 40.8 Å². The molecule has 3 nitrogen and oxygen atoms in total. The Morgan fingerprint density at radius 3 is 1.74 bits per heavy atom. The Morgan fingerprint density at radius 1 is 0.710 bits per heavy atom. The standard InChI is InChI=1S/C25H19F3N2O/c26-25(27,28)15-31-17-11-9-16(10-12-17)24(20-13-29-22-7-3-1-5-18(20)22)21-14-30-23-8-4-2-6-19(21)23/h1-14,24,29-30H,15H2. The summed E-state index contributed by atoms with van der Waals surface area (Å²) in [5, 5.41) is 2.21. The molecule has 0 fully saturated rings. The number of hydrogen-bond acceptors (Lipinski definition) is 1. The average Bonchev–Trinajstić information content (AvgIpc) is 3.38. The molecular formula is C25H19F3N2O. The molecule has 0 aliphatic carbocycles. The van der Waals surface area contributed by atoms with Gasteiger partial charge in [-0.2, -0.15) is 13.2 Å². The van der Waals surface area contributed by atoms with Crippen molar-refractivity contribution in [3.63, 3.8) is 0 Å². The molecule has 31 heavy (non-hydrogen) atoms. The van der Waals surface area contributed by atoms with Crippen LogP contribution in [0.25, 0.3) is 21.8 Å². The number of H-pyrrole nitrogens is 2. The molecule has 2 heterocycles. The zero-order valence-corrected chi connectivity index (χ0v) is 16.4. The fourth-order valence-corrected chi connectivity index (χ4v) is 4.11. The molecule has 0 saturated carbocycles. The third-order valence-electron chi connectivity index (χ3n) is 5.48. The van der Waals surface area contributed by atoms with Crippen molar-refractivity contribution in [3.8, 4) is 5.75 Å². The summed E-state index contributed by atoms with van der Waals surface area (Å²) in [6, 6.07) is 23.0. The summed E-state index contributed by atoms with van der Waals surface area (Å²) in [7, 11) is 0. The van der Waals surface area contributed by atoms with Crippen LogP contribution in [-0.2, 0) is 0 Å². The van der Waals surface area contributed by atoms with E-state index >= 15 is 0 Å². The first-order valence-corrected chi connectivity index (χ1v) is 9.91. The van der Waals surface area contributed by atoms with Crippen LogP contribution in [0.5, 0.6) is 5.75 Å². The normalized spacial score (nSPS) is 12.1. The predicted octanol–water partition coefficient (Wildman–Crippen LogP) is 6.77. The minimum absolute atomic E-state index is 0.107. The van der Waals surface area contributed by atoms with Crippen LogP contribution >= 0.6 is 0 Å². The van der Waals surface area contributed by atoms with Gasteiger partial charge in [0.25, 0.3) is 0 Å². The van der Waals surface area contributed by atoms with Gasteiger partial charge < -0.3 is 14.7 Å². The molecule has 0 saturated heterocycles. The first kappa shape index (κ1) is 19.3. The van der Waals surface area contributed by atoms with Gasteiger partial charge in [0.05, 0.1) is 0 Å². The van der Waals surface area contributed by atoms with Gasteiger partial charge in [-0.3, -0.25) is 0 Å². The van der Waals surface area contributed by atoms with E-state index in [9.17, 15) is 13.2 Å². The van der Waals surface area contributed by atoms with Gasteiger partial charge in [-0.25, -0.2) is 0 Å². The number of halogens is 3. The molecule has 5 rings (SSSR count). The first-order valence-electron chi connectivity index (χ1n) is 9.91. The molecule has 3 aromatic carbocycles. The van der Waals surface area contributed by atoms with Crippen LogP contribution in [0.2, 0.25) is 0 Å². The lowest BCUT2D eigenvalue weighted by molar-refractivity contribution is -0.153. The molecule has 0 atom stereocenters. The third kappa shape index (κ3) is 3.77. The molecule has 5 aromatic rings. The Hall–Kier alpha value is -3.67. The summed E-state index contributed by atoms with van der Waals surface area (Å²) in [6.07, 6.45) is -0.356. The van der Waals surface area contributed by atoms with E-state index in [1.807, 2.05) is 60.9 Å². The van der Waals surface area contributed by atoms with Crippen LogP contribution in [-0.4, -0.2) is 22.8 Å². The lowest BCUT2D eigenvalue weighted by Gasteiger charge is -2.18. The number of fused-ring (bicyclic) bond motifs is 2. The molecule has 0 amide bonds. The number of benzene rings is 3. The van der Waals surface area contributed by atoms with Crippen molar-refractivity contribution in [2.45, 2.75) is 12.1 Å². The summed E-state index contributed by atoms with van der Waals surface area (Å²) >= 11 is 0. The average molecular weight is 420 g/mol. The Bertz CT molecular complexity index is 1260. The van der Waals surface area contributed by atoms with Gasteiger partial charge in [0.15, 0.2) is 6.61 Å². The van der Waals surface area contributed by atoms with Crippen LogP contribution in [0.4, 0.5) is 13.2 Å². The highest BCUT2D eigenvalue weighted by Gasteiger charge is 2.28. The van der Waals surface area contributed by atoms with Gasteiger partial charge in [0.2, 0.25) is 0 Å². The van der Waals surface area contributed by atoms with Crippen molar-refractivity contribution in [2.24, 2.45) is 0 Å². The van der Waals surface area contributed by atoms with Gasteiger partial charge in [0, 0.05) is 40.1 Å². The molecule has 0 bridgehead atoms. The van der Waals surface area contributed by atoms with E-state index in [0.29, 0.717) is 0 Å². The summed E-state index contributed by atoms with van der Waals surface area (Å²) < 4.78 is 42.3. The largest absolute Gasteiger partial charge is 0.484 e. The van der Waals surface area contributed by atoms with E-state index in [0.717, 1.165) is 38.5 Å². The number of rotatable bonds is 5. The smallest absolute Gasteiger partial charge is 0.422 e. The second-order valence-corrected chi connectivity index (χ2v) is 7.49. The molecule has 2 aromatic heterocycles. The molecule has 0 radical (unpaired) electrons. The molecule has 0 unspecified atom stereocenters. The van der Waals surface area contributed by atoms with Gasteiger partial charge >= 0.3 is 6.18 Å². The second kappa shape index (κ2) is 7.54. The minimum atomic E-state index is -4.37. The number of alkyl halides is 3. The molecular weight excluding hydrogens is 401 g/mol. The van der Waals surface area contributed by atoms with Crippen molar-refractivity contribution in [1.29, 1.82) is 0 Å². The molecule has 2 N–H and O–H groups in total. The Kier molecular flexibility index (Phi) is 4.70. The molecule has 6 heteroatoms. The van der Waals surface area contributed by atoms with Crippen molar-refractivity contribution >= 4 is 21.8 Å². The summed E-state index contributed by atoms with van der Waals surface area (Å²) in [5.74, 6) is 0.0849. The summed E-state index contributed by atoms with van der Waals surface area (Å²) in [5.41, 5.74) is 5.24. The number of hydrogen-bond donors (Lipinski definition) is 2. The maximum atomic E-state index is 12.5. The quantitative estimate of drug-likeness (QED) is 0.324. The van der Waals surface area contributed by atoms with Crippen molar-refractivity contribution in [1.82, 2.24) is 9.97 Å². The zero-order valence-electron chi connectivity index (χ0n) is 16.4. The summed E-state index contributed by atoms with van der Waals surface area (Å²) in [6.45, 7) is -1.30. The van der Waals surface area contributed by atoms with E-state index in [-0.39, 0.29) is 11.7 Å². The number of aromatic amines is 2. The summed E-state index contributed by atoms with van der Waals surface area (Å²) in [4.78, 5) is 6.67. The van der Waals surface area contributed by atoms with E-state index in [4.69, 9.17) is 4.74 Å². The van der Waals surface area contributed by atoms with Crippen LogP contribution in [0.3, 0.4) is 0 Å². The van der Waals surface area contributed by atoms with Gasteiger partial charge in [-0.15, -0.1) is 0 Å². The van der Waals surface area contributed by atoms with Crippen LogP contribution in [0, 0.1) is 0 Å². The molecule has 156 valence electrons. The minimum Gasteiger partial charge on any atom is -0.484 e. The van der Waals surface area contributed by atoms with E-state index in [1.165, 1.54) is 0 Å². The SMILES string of the molecule is FC(F)(F)COc1ccc(C(c2c[nH]c3ccccc23)c2c[nH]c3ccccc23)cc1. The molecule has 0 aliphatic heterocycles. The molecule has 0 spiro atoms. The number of aromatic nitrogens is 2. The highest BCUT2D eigenvalue weighted by Crippen LogP contribution is 2.39. The van der Waals surface area contributed by atoms with Gasteiger partial charge in [-0.05, 0) is 41.0 Å². The van der Waals surface area contributed by atoms with Crippen molar-refractivity contribution < 1.29 is 17.9 Å². The number of para-hydroxylation sites is 2. The highest BCUT2D eigenvalue weighted by atomic mass is 19.4. The van der Waals surface area contributed by atoms with E-state index in [2.05, 4.69) is 22.1 Å². The monoisotopic (exact) mass is 420 g/mol. The maximum absolute atomic E-state index is 12.5. The lowest BCUT2D eigenvalue weighted by atomic mass is 9.85. The van der Waals surface area contributed by atoms with Crippen LogP contribution < -0.4 is 4.74 Å². The van der Waals surface area contributed by atoms with Crippen LogP contribution in [0.15, 0.2) is 85.2 Å². The fraction of sp³-hybridized carbons (Fsp3) is 0.120.